The Morgan fingerprint density at radius 2 is 1.86 bits per heavy atom. The Bertz CT molecular complexity index is 750. The van der Waals surface area contributed by atoms with E-state index < -0.39 is 5.97 Å². The van der Waals surface area contributed by atoms with E-state index in [4.69, 9.17) is 23.2 Å². The number of rotatable bonds is 3. The lowest BCUT2D eigenvalue weighted by atomic mass is 10.1. The first kappa shape index (κ1) is 17.1. The Morgan fingerprint density at radius 1 is 1.14 bits per heavy atom. The van der Waals surface area contributed by atoms with Crippen LogP contribution in [0.3, 0.4) is 0 Å². The summed E-state index contributed by atoms with van der Waals surface area (Å²) < 4.78 is 5.35. The van der Waals surface area contributed by atoms with Crippen molar-refractivity contribution in [1.82, 2.24) is 0 Å². The molecule has 0 bridgehead atoms. The molecule has 0 heterocycles. The summed E-state index contributed by atoms with van der Waals surface area (Å²) in [6, 6.07) is 9.45. The summed E-state index contributed by atoms with van der Waals surface area (Å²) in [5, 5.41) is 3.55. The molecule has 1 amide bonds. The predicted molar refractivity (Wildman–Crippen MR) is 94.9 cm³/mol. The number of hydrogen-bond acceptors (Lipinski definition) is 3. The molecule has 0 aliphatic rings. The molecule has 2 rings (SSSR count). The number of nitrogens with one attached hydrogen (secondary N) is 1. The number of benzene rings is 2. The van der Waals surface area contributed by atoms with E-state index in [1.54, 1.807) is 18.2 Å². The van der Waals surface area contributed by atoms with Gasteiger partial charge in [-0.1, -0.05) is 23.2 Å². The zero-order valence-corrected chi connectivity index (χ0v) is 15.0. The number of amides is 1. The van der Waals surface area contributed by atoms with Crippen molar-refractivity contribution in [3.8, 4) is 0 Å². The summed E-state index contributed by atoms with van der Waals surface area (Å²) in [7, 11) is 1.28. The molecule has 0 aromatic heterocycles. The number of methoxy groups -OCH3 is 1. The zero-order chi connectivity index (χ0) is 16.3. The van der Waals surface area contributed by atoms with Crippen LogP contribution in [0, 0.1) is 3.57 Å². The molecule has 2 aromatic rings. The van der Waals surface area contributed by atoms with E-state index in [-0.39, 0.29) is 5.91 Å². The zero-order valence-electron chi connectivity index (χ0n) is 11.3. The topological polar surface area (TPSA) is 55.4 Å². The van der Waals surface area contributed by atoms with Gasteiger partial charge in [0.1, 0.15) is 0 Å². The fourth-order valence-electron chi connectivity index (χ4n) is 1.73. The number of hydrogen-bond donors (Lipinski definition) is 1. The van der Waals surface area contributed by atoms with Crippen molar-refractivity contribution in [3.05, 3.63) is 61.1 Å². The molecule has 0 saturated carbocycles. The molecule has 0 unspecified atom stereocenters. The summed E-state index contributed by atoms with van der Waals surface area (Å²) in [5.41, 5.74) is 1.10. The maximum absolute atomic E-state index is 12.3. The van der Waals surface area contributed by atoms with Gasteiger partial charge < -0.3 is 10.1 Å². The Labute approximate surface area is 150 Å². The third kappa shape index (κ3) is 3.91. The molecule has 0 aliphatic carbocycles. The van der Waals surface area contributed by atoms with Crippen LogP contribution in [0.15, 0.2) is 36.4 Å². The summed E-state index contributed by atoms with van der Waals surface area (Å²) >= 11 is 13.9. The van der Waals surface area contributed by atoms with Gasteiger partial charge in [0.25, 0.3) is 5.91 Å². The molecule has 0 fully saturated rings. The van der Waals surface area contributed by atoms with Crippen LogP contribution in [0.5, 0.6) is 0 Å². The van der Waals surface area contributed by atoms with E-state index >= 15 is 0 Å². The van der Waals surface area contributed by atoms with Crippen LogP contribution < -0.4 is 5.32 Å². The maximum Gasteiger partial charge on any atom is 0.337 e. The Kier molecular flexibility index (Phi) is 5.66. The average Bonchev–Trinajstić information content (AvgIpc) is 2.48. The highest BCUT2D eigenvalue weighted by atomic mass is 127. The van der Waals surface area contributed by atoms with Crippen molar-refractivity contribution in [1.29, 1.82) is 0 Å². The van der Waals surface area contributed by atoms with Crippen molar-refractivity contribution < 1.29 is 14.3 Å². The Balaban J connectivity index is 2.29. The molecular formula is C15H10Cl2INO3. The second kappa shape index (κ2) is 7.30. The fraction of sp³-hybridized carbons (Fsp3) is 0.0667. The lowest BCUT2D eigenvalue weighted by Gasteiger charge is -2.10. The normalized spacial score (nSPS) is 10.2. The molecule has 1 N–H and O–H groups in total. The highest BCUT2D eigenvalue weighted by Crippen LogP contribution is 2.25. The van der Waals surface area contributed by atoms with Gasteiger partial charge in [-0.05, 0) is 59.0 Å². The monoisotopic (exact) mass is 449 g/mol. The maximum atomic E-state index is 12.3. The molecule has 0 saturated heterocycles. The Morgan fingerprint density at radius 3 is 2.50 bits per heavy atom. The van der Waals surface area contributed by atoms with Crippen LogP contribution in [0.25, 0.3) is 0 Å². The van der Waals surface area contributed by atoms with E-state index in [9.17, 15) is 9.59 Å². The van der Waals surface area contributed by atoms with Crippen molar-refractivity contribution >= 4 is 63.4 Å². The number of halogens is 3. The number of carbonyl (C=O) groups excluding carboxylic acids is 2. The predicted octanol–water partition coefficient (Wildman–Crippen LogP) is 4.64. The minimum Gasteiger partial charge on any atom is -0.465 e. The smallest absolute Gasteiger partial charge is 0.337 e. The van der Waals surface area contributed by atoms with Gasteiger partial charge in [0, 0.05) is 8.59 Å². The number of ether oxygens (including phenoxy) is 1. The van der Waals surface area contributed by atoms with Crippen molar-refractivity contribution in [2.75, 3.05) is 12.4 Å². The quantitative estimate of drug-likeness (QED) is 0.548. The average molecular weight is 450 g/mol. The van der Waals surface area contributed by atoms with E-state index in [1.165, 1.54) is 25.3 Å². The second-order valence-corrected chi connectivity index (χ2v) is 6.27. The summed E-state index contributed by atoms with van der Waals surface area (Å²) in [6.07, 6.45) is 0. The van der Waals surface area contributed by atoms with Gasteiger partial charge in [0.15, 0.2) is 0 Å². The molecule has 7 heteroatoms. The highest BCUT2D eigenvalue weighted by molar-refractivity contribution is 14.1. The van der Waals surface area contributed by atoms with E-state index in [0.29, 0.717) is 30.4 Å². The van der Waals surface area contributed by atoms with Crippen LogP contribution in [0.2, 0.25) is 10.0 Å². The van der Waals surface area contributed by atoms with Crippen LogP contribution in [-0.2, 0) is 4.74 Å². The van der Waals surface area contributed by atoms with E-state index in [2.05, 4.69) is 10.1 Å². The van der Waals surface area contributed by atoms with Gasteiger partial charge >= 0.3 is 5.97 Å². The highest BCUT2D eigenvalue weighted by Gasteiger charge is 2.14. The first-order valence-corrected chi connectivity index (χ1v) is 7.90. The number of anilines is 1. The van der Waals surface area contributed by atoms with Crippen molar-refractivity contribution in [2.24, 2.45) is 0 Å². The molecule has 0 atom stereocenters. The third-order valence-electron chi connectivity index (χ3n) is 2.81. The van der Waals surface area contributed by atoms with Gasteiger partial charge in [-0.2, -0.15) is 0 Å². The fourth-order valence-corrected chi connectivity index (χ4v) is 3.01. The minimum atomic E-state index is -0.506. The van der Waals surface area contributed by atoms with E-state index in [0.717, 1.165) is 0 Å². The van der Waals surface area contributed by atoms with Crippen LogP contribution in [-0.4, -0.2) is 19.0 Å². The molecular weight excluding hydrogens is 440 g/mol. The van der Waals surface area contributed by atoms with Crippen LogP contribution in [0.4, 0.5) is 5.69 Å². The van der Waals surface area contributed by atoms with Gasteiger partial charge in [-0.3, -0.25) is 4.79 Å². The SMILES string of the molecule is COC(=O)c1ccc(Cl)c(NC(=O)c2ccc(Cl)cc2I)c1. The molecule has 114 valence electrons. The summed E-state index contributed by atoms with van der Waals surface area (Å²) in [5.74, 6) is -0.849. The molecule has 2 aromatic carbocycles. The van der Waals surface area contributed by atoms with Crippen molar-refractivity contribution in [2.45, 2.75) is 0 Å². The third-order valence-corrected chi connectivity index (χ3v) is 4.27. The lowest BCUT2D eigenvalue weighted by molar-refractivity contribution is 0.0600. The number of carbonyl (C=O) groups is 2. The van der Waals surface area contributed by atoms with Crippen LogP contribution >= 0.6 is 45.8 Å². The lowest BCUT2D eigenvalue weighted by Crippen LogP contribution is -2.14. The molecule has 4 nitrogen and oxygen atoms in total. The molecule has 22 heavy (non-hydrogen) atoms. The molecule has 0 radical (unpaired) electrons. The largest absolute Gasteiger partial charge is 0.465 e. The number of esters is 1. The van der Waals surface area contributed by atoms with E-state index in [1.807, 2.05) is 22.6 Å². The standard InChI is InChI=1S/C15H10Cl2INO3/c1-22-15(21)8-2-5-11(17)13(6-8)19-14(20)10-4-3-9(16)7-12(10)18/h2-7H,1H3,(H,19,20). The minimum absolute atomic E-state index is 0.299. The summed E-state index contributed by atoms with van der Waals surface area (Å²) in [4.78, 5) is 23.8. The molecule has 0 aliphatic heterocycles. The van der Waals surface area contributed by atoms with Gasteiger partial charge in [0.2, 0.25) is 0 Å². The van der Waals surface area contributed by atoms with Crippen LogP contribution in [0.1, 0.15) is 20.7 Å². The second-order valence-electron chi connectivity index (χ2n) is 4.26. The first-order chi connectivity index (χ1) is 10.4. The van der Waals surface area contributed by atoms with Gasteiger partial charge in [-0.25, -0.2) is 4.79 Å². The van der Waals surface area contributed by atoms with Gasteiger partial charge in [0.05, 0.1) is 28.9 Å². The first-order valence-electron chi connectivity index (χ1n) is 6.06. The van der Waals surface area contributed by atoms with Gasteiger partial charge in [-0.15, -0.1) is 0 Å². The Hall–Kier alpha value is -1.31. The van der Waals surface area contributed by atoms with Crippen molar-refractivity contribution in [3.63, 3.8) is 0 Å². The summed E-state index contributed by atoms with van der Waals surface area (Å²) in [6.45, 7) is 0. The molecule has 0 spiro atoms.